The van der Waals surface area contributed by atoms with Gasteiger partial charge in [0, 0.05) is 5.39 Å². The lowest BCUT2D eigenvalue weighted by Crippen LogP contribution is -2.24. The molecule has 0 aliphatic rings. The molecule has 4 heteroatoms. The average molecular weight is 418 g/mol. The summed E-state index contributed by atoms with van der Waals surface area (Å²) in [4.78, 5) is 13.3. The monoisotopic (exact) mass is 417 g/mol. The number of para-hydroxylation sites is 1. The highest BCUT2D eigenvalue weighted by molar-refractivity contribution is 5.89. The van der Waals surface area contributed by atoms with Gasteiger partial charge in [0.2, 0.25) is 5.75 Å². The first-order valence-electron chi connectivity index (χ1n) is 10.7. The van der Waals surface area contributed by atoms with Gasteiger partial charge in [0.15, 0.2) is 5.75 Å². The number of ether oxygens (including phenoxy) is 1. The number of fused-ring (bicyclic) bond motifs is 1. The topological polar surface area (TPSA) is 51.5 Å². The van der Waals surface area contributed by atoms with E-state index in [2.05, 4.69) is 26.8 Å². The summed E-state index contributed by atoms with van der Waals surface area (Å²) in [6, 6.07) is 15.5. The van der Waals surface area contributed by atoms with Crippen LogP contribution in [0.1, 0.15) is 44.7 Å². The fourth-order valence-corrected chi connectivity index (χ4v) is 3.66. The lowest BCUT2D eigenvalue weighted by molar-refractivity contribution is 0.329. The van der Waals surface area contributed by atoms with Crippen LogP contribution in [0.25, 0.3) is 10.9 Å². The van der Waals surface area contributed by atoms with Crippen molar-refractivity contribution in [2.45, 2.75) is 47.1 Å². The third-order valence-electron chi connectivity index (χ3n) is 5.35. The molecule has 3 rings (SSSR count). The zero-order valence-electron chi connectivity index (χ0n) is 18.8. The van der Waals surface area contributed by atoms with E-state index in [9.17, 15) is 9.90 Å². The van der Waals surface area contributed by atoms with Crippen LogP contribution in [-0.4, -0.2) is 16.3 Å². The number of hydrogen-bond donors (Lipinski definition) is 1. The number of benzene rings is 2. The van der Waals surface area contributed by atoms with Crippen LogP contribution in [0.4, 0.5) is 0 Å². The van der Waals surface area contributed by atoms with Gasteiger partial charge < -0.3 is 14.4 Å². The Balaban J connectivity index is 1.95. The first-order chi connectivity index (χ1) is 14.9. The van der Waals surface area contributed by atoms with Gasteiger partial charge in [0.25, 0.3) is 5.56 Å². The number of nitrogens with zero attached hydrogens (tertiary/aromatic N) is 1. The van der Waals surface area contributed by atoms with E-state index in [-0.39, 0.29) is 23.7 Å². The molecule has 1 N–H and O–H groups in total. The molecule has 0 amide bonds. The van der Waals surface area contributed by atoms with Crippen molar-refractivity contribution in [3.63, 3.8) is 0 Å². The minimum absolute atomic E-state index is 0.00220. The minimum Gasteiger partial charge on any atom is -0.504 e. The first-order valence-corrected chi connectivity index (χ1v) is 10.7. The van der Waals surface area contributed by atoms with Gasteiger partial charge in [-0.15, -0.1) is 0 Å². The fourth-order valence-electron chi connectivity index (χ4n) is 3.66. The van der Waals surface area contributed by atoms with Crippen LogP contribution in [0.15, 0.2) is 76.6 Å². The van der Waals surface area contributed by atoms with Crippen LogP contribution in [-0.2, 0) is 6.54 Å². The normalized spacial score (nSPS) is 11.5. The van der Waals surface area contributed by atoms with E-state index in [4.69, 9.17) is 4.74 Å². The second kappa shape index (κ2) is 10.2. The number of aromatic nitrogens is 1. The Bertz CT molecular complexity index is 1170. The maximum absolute atomic E-state index is 13.3. The summed E-state index contributed by atoms with van der Waals surface area (Å²) >= 11 is 0. The van der Waals surface area contributed by atoms with E-state index in [0.29, 0.717) is 11.9 Å². The molecule has 0 aliphatic heterocycles. The summed E-state index contributed by atoms with van der Waals surface area (Å²) in [5, 5.41) is 11.5. The molecular formula is C27H31NO3. The summed E-state index contributed by atoms with van der Waals surface area (Å²) in [5.74, 6) is -0.0917. The summed E-state index contributed by atoms with van der Waals surface area (Å²) < 4.78 is 7.51. The van der Waals surface area contributed by atoms with Crippen molar-refractivity contribution in [3.8, 4) is 11.5 Å². The molecule has 0 saturated heterocycles. The number of pyridine rings is 1. The second-order valence-corrected chi connectivity index (χ2v) is 8.21. The molecule has 1 aromatic heterocycles. The number of aromatic hydroxyl groups is 1. The molecule has 1 heterocycles. The molecule has 31 heavy (non-hydrogen) atoms. The van der Waals surface area contributed by atoms with Crippen molar-refractivity contribution in [1.29, 1.82) is 0 Å². The SMILES string of the molecule is CC(C)=CCCC(C)=CCOc1c(O)c2cccc(C)c2n(Cc2ccccc2)c1=O. The van der Waals surface area contributed by atoms with Crippen LogP contribution in [0.2, 0.25) is 0 Å². The van der Waals surface area contributed by atoms with Crippen molar-refractivity contribution in [3.05, 3.63) is 93.3 Å². The van der Waals surface area contributed by atoms with Gasteiger partial charge >= 0.3 is 0 Å². The lowest BCUT2D eigenvalue weighted by atomic mass is 10.1. The van der Waals surface area contributed by atoms with Crippen LogP contribution < -0.4 is 10.3 Å². The van der Waals surface area contributed by atoms with Gasteiger partial charge in [-0.1, -0.05) is 59.7 Å². The molecule has 4 nitrogen and oxygen atoms in total. The van der Waals surface area contributed by atoms with Gasteiger partial charge in [-0.3, -0.25) is 4.79 Å². The van der Waals surface area contributed by atoms with E-state index in [0.717, 1.165) is 29.5 Å². The summed E-state index contributed by atoms with van der Waals surface area (Å²) in [6.45, 7) is 8.84. The van der Waals surface area contributed by atoms with Crippen LogP contribution in [0, 0.1) is 6.92 Å². The molecule has 0 spiro atoms. The molecule has 0 saturated carbocycles. The predicted molar refractivity (Wildman–Crippen MR) is 128 cm³/mol. The Morgan fingerprint density at radius 1 is 1.03 bits per heavy atom. The summed E-state index contributed by atoms with van der Waals surface area (Å²) in [7, 11) is 0. The van der Waals surface area contributed by atoms with E-state index < -0.39 is 0 Å². The molecule has 0 bridgehead atoms. The largest absolute Gasteiger partial charge is 0.504 e. The number of allylic oxidation sites excluding steroid dienone is 3. The highest BCUT2D eigenvalue weighted by Crippen LogP contribution is 2.33. The average Bonchev–Trinajstić information content (AvgIpc) is 2.74. The Morgan fingerprint density at radius 2 is 1.77 bits per heavy atom. The molecule has 0 unspecified atom stereocenters. The lowest BCUT2D eigenvalue weighted by Gasteiger charge is -2.17. The molecule has 0 fully saturated rings. The van der Waals surface area contributed by atoms with Crippen LogP contribution >= 0.6 is 0 Å². The van der Waals surface area contributed by atoms with Gasteiger partial charge in [-0.2, -0.15) is 0 Å². The van der Waals surface area contributed by atoms with E-state index in [1.807, 2.05) is 61.5 Å². The zero-order chi connectivity index (χ0) is 22.4. The van der Waals surface area contributed by atoms with E-state index >= 15 is 0 Å². The van der Waals surface area contributed by atoms with Gasteiger partial charge in [0.1, 0.15) is 6.61 Å². The van der Waals surface area contributed by atoms with E-state index in [1.165, 1.54) is 11.1 Å². The Morgan fingerprint density at radius 3 is 2.48 bits per heavy atom. The maximum Gasteiger partial charge on any atom is 0.297 e. The van der Waals surface area contributed by atoms with E-state index in [1.54, 1.807) is 4.57 Å². The number of hydrogen-bond acceptors (Lipinski definition) is 3. The van der Waals surface area contributed by atoms with Crippen LogP contribution in [0.3, 0.4) is 0 Å². The fraction of sp³-hybridized carbons (Fsp3) is 0.296. The van der Waals surface area contributed by atoms with Crippen molar-refractivity contribution in [2.24, 2.45) is 0 Å². The third kappa shape index (κ3) is 5.46. The van der Waals surface area contributed by atoms with Gasteiger partial charge in [-0.05, 0) is 63.8 Å². The first kappa shape index (κ1) is 22.4. The molecule has 3 aromatic rings. The Kier molecular flexibility index (Phi) is 7.35. The third-order valence-corrected chi connectivity index (χ3v) is 5.35. The standard InChI is InChI=1S/C27H31NO3/c1-19(2)10-8-11-20(3)16-17-31-26-25(29)23-15-9-12-21(4)24(23)28(27(26)30)18-22-13-6-5-7-14-22/h5-7,9-10,12-16,29H,8,11,17-18H2,1-4H3. The predicted octanol–water partition coefficient (Wildman–Crippen LogP) is 6.14. The highest BCUT2D eigenvalue weighted by Gasteiger charge is 2.19. The van der Waals surface area contributed by atoms with Crippen LogP contribution in [0.5, 0.6) is 11.5 Å². The van der Waals surface area contributed by atoms with Crippen molar-refractivity contribution >= 4 is 10.9 Å². The van der Waals surface area contributed by atoms with Crippen molar-refractivity contribution < 1.29 is 9.84 Å². The number of rotatable bonds is 8. The smallest absolute Gasteiger partial charge is 0.297 e. The highest BCUT2D eigenvalue weighted by atomic mass is 16.5. The van der Waals surface area contributed by atoms with Crippen molar-refractivity contribution in [2.75, 3.05) is 6.61 Å². The number of aryl methyl sites for hydroxylation is 1. The molecule has 162 valence electrons. The zero-order valence-corrected chi connectivity index (χ0v) is 18.8. The van der Waals surface area contributed by atoms with Crippen molar-refractivity contribution in [1.82, 2.24) is 4.57 Å². The molecule has 0 atom stereocenters. The van der Waals surface area contributed by atoms with Gasteiger partial charge in [0.05, 0.1) is 12.1 Å². The molecule has 0 aliphatic carbocycles. The van der Waals surface area contributed by atoms with Gasteiger partial charge in [-0.25, -0.2) is 0 Å². The molecule has 2 aromatic carbocycles. The summed E-state index contributed by atoms with van der Waals surface area (Å²) in [6.07, 6.45) is 6.10. The Hall–Kier alpha value is -3.27. The minimum atomic E-state index is -0.321. The molecular weight excluding hydrogens is 386 g/mol. The summed E-state index contributed by atoms with van der Waals surface area (Å²) in [5.41, 5.74) is 4.86. The quantitative estimate of drug-likeness (QED) is 0.448. The molecule has 0 radical (unpaired) electrons. The maximum atomic E-state index is 13.3. The second-order valence-electron chi connectivity index (χ2n) is 8.21. The Labute approximate surface area is 184 Å².